The molecule has 1 N–H and O–H groups in total. The fourth-order valence-corrected chi connectivity index (χ4v) is 4.53. The molecule has 0 spiro atoms. The number of benzene rings is 1. The molecule has 7 heteroatoms. The Morgan fingerprint density at radius 3 is 2.48 bits per heavy atom. The zero-order valence-electron chi connectivity index (χ0n) is 17.6. The van der Waals surface area contributed by atoms with E-state index < -0.39 is 0 Å². The van der Waals surface area contributed by atoms with Crippen LogP contribution in [-0.4, -0.2) is 53.1 Å². The van der Waals surface area contributed by atoms with Gasteiger partial charge in [-0.05, 0) is 75.6 Å². The highest BCUT2D eigenvalue weighted by Crippen LogP contribution is 2.23. The molecule has 2 aromatic rings. The number of rotatable bonds is 7. The summed E-state index contributed by atoms with van der Waals surface area (Å²) in [6.45, 7) is 3.81. The summed E-state index contributed by atoms with van der Waals surface area (Å²) >= 11 is 0. The molecule has 1 aromatic carbocycles. The van der Waals surface area contributed by atoms with Gasteiger partial charge in [-0.3, -0.25) is 14.4 Å². The molecule has 0 saturated carbocycles. The topological polar surface area (TPSA) is 71.4 Å². The molecule has 0 aliphatic carbocycles. The standard InChI is InChI=1S/C24H28FN3O3/c25-19-5-3-17(4-6-19)23(30)18-8-14-27(15-9-18)12-1-2-13-28-16-10-20-21(29)7-11-26-24(31)22(20)28/h3-6,10,16,18H,1-2,7-9,11-15H2,(H,26,31). The number of nitrogens with zero attached hydrogens (tertiary/aromatic N) is 2. The first-order chi connectivity index (χ1) is 15.0. The minimum absolute atomic E-state index is 0.00749. The molecular formula is C24H28FN3O3. The maximum Gasteiger partial charge on any atom is 0.268 e. The van der Waals surface area contributed by atoms with Crippen LogP contribution >= 0.6 is 0 Å². The summed E-state index contributed by atoms with van der Waals surface area (Å²) in [7, 11) is 0. The van der Waals surface area contributed by atoms with Gasteiger partial charge in [0, 0.05) is 42.8 Å². The van der Waals surface area contributed by atoms with Gasteiger partial charge in [-0.2, -0.15) is 0 Å². The SMILES string of the molecule is O=C1CCNC(=O)c2c1ccn2CCCCN1CCC(C(=O)c2ccc(F)cc2)CC1. The Morgan fingerprint density at radius 1 is 1.03 bits per heavy atom. The quantitative estimate of drug-likeness (QED) is 0.546. The molecule has 2 aliphatic heterocycles. The minimum Gasteiger partial charge on any atom is -0.350 e. The number of amides is 1. The van der Waals surface area contributed by atoms with E-state index in [1.54, 1.807) is 18.2 Å². The Bertz CT molecular complexity index is 959. The van der Waals surface area contributed by atoms with Crippen molar-refractivity contribution < 1.29 is 18.8 Å². The number of Topliss-reactive ketones (excluding diaryl/α,β-unsaturated/α-hetero) is 2. The van der Waals surface area contributed by atoms with Crippen LogP contribution in [0.25, 0.3) is 0 Å². The highest BCUT2D eigenvalue weighted by Gasteiger charge is 2.26. The van der Waals surface area contributed by atoms with Gasteiger partial charge < -0.3 is 14.8 Å². The lowest BCUT2D eigenvalue weighted by Gasteiger charge is -2.31. The monoisotopic (exact) mass is 425 g/mol. The average molecular weight is 426 g/mol. The number of unbranched alkanes of at least 4 members (excludes halogenated alkanes) is 1. The maximum absolute atomic E-state index is 13.1. The minimum atomic E-state index is -0.324. The van der Waals surface area contributed by atoms with Gasteiger partial charge in [0.05, 0.1) is 0 Å². The number of aromatic nitrogens is 1. The number of likely N-dealkylation sites (tertiary alicyclic amines) is 1. The van der Waals surface area contributed by atoms with E-state index in [1.807, 2.05) is 10.8 Å². The summed E-state index contributed by atoms with van der Waals surface area (Å²) in [4.78, 5) is 39.4. The van der Waals surface area contributed by atoms with Crippen LogP contribution in [-0.2, 0) is 6.54 Å². The van der Waals surface area contributed by atoms with E-state index in [0.717, 1.165) is 45.3 Å². The van der Waals surface area contributed by atoms with Crippen LogP contribution in [0.4, 0.5) is 4.39 Å². The number of hydrogen-bond acceptors (Lipinski definition) is 4. The summed E-state index contributed by atoms with van der Waals surface area (Å²) in [6.07, 6.45) is 5.73. The number of carbonyl (C=O) groups excluding carboxylic acids is 3. The molecule has 0 radical (unpaired) electrons. The molecule has 0 atom stereocenters. The van der Waals surface area contributed by atoms with Crippen molar-refractivity contribution in [2.24, 2.45) is 5.92 Å². The van der Waals surface area contributed by atoms with Crippen LogP contribution in [0.1, 0.15) is 63.3 Å². The number of carbonyl (C=O) groups is 3. The molecular weight excluding hydrogens is 397 g/mol. The number of fused-ring (bicyclic) bond motifs is 1. The van der Waals surface area contributed by atoms with Crippen molar-refractivity contribution in [2.75, 3.05) is 26.2 Å². The molecule has 6 nitrogen and oxygen atoms in total. The molecule has 1 amide bonds. The van der Waals surface area contributed by atoms with E-state index in [2.05, 4.69) is 10.2 Å². The highest BCUT2D eigenvalue weighted by molar-refractivity contribution is 6.09. The van der Waals surface area contributed by atoms with Crippen LogP contribution in [0.3, 0.4) is 0 Å². The second kappa shape index (κ2) is 9.56. The van der Waals surface area contributed by atoms with Gasteiger partial charge in [-0.15, -0.1) is 0 Å². The summed E-state index contributed by atoms with van der Waals surface area (Å²) in [5.41, 5.74) is 1.61. The van der Waals surface area contributed by atoms with Gasteiger partial charge in [-0.1, -0.05) is 0 Å². The number of aryl methyl sites for hydroxylation is 1. The number of piperidine rings is 1. The molecule has 164 valence electrons. The van der Waals surface area contributed by atoms with E-state index in [-0.39, 0.29) is 29.2 Å². The first-order valence-corrected chi connectivity index (χ1v) is 11.1. The van der Waals surface area contributed by atoms with Gasteiger partial charge in [-0.25, -0.2) is 4.39 Å². The van der Waals surface area contributed by atoms with Gasteiger partial charge >= 0.3 is 0 Å². The lowest BCUT2D eigenvalue weighted by Crippen LogP contribution is -2.37. The van der Waals surface area contributed by atoms with Crippen molar-refractivity contribution >= 4 is 17.5 Å². The van der Waals surface area contributed by atoms with Gasteiger partial charge in [0.15, 0.2) is 11.6 Å². The molecule has 2 aliphatic rings. The lowest BCUT2D eigenvalue weighted by molar-refractivity contribution is 0.0837. The van der Waals surface area contributed by atoms with Gasteiger partial charge in [0.25, 0.3) is 5.91 Å². The van der Waals surface area contributed by atoms with Crippen molar-refractivity contribution in [3.05, 3.63) is 59.2 Å². The number of hydrogen-bond donors (Lipinski definition) is 1. The first-order valence-electron chi connectivity index (χ1n) is 11.1. The van der Waals surface area contributed by atoms with Crippen LogP contribution in [0, 0.1) is 11.7 Å². The third-order valence-electron chi connectivity index (χ3n) is 6.33. The van der Waals surface area contributed by atoms with E-state index in [1.165, 1.54) is 12.1 Å². The predicted octanol–water partition coefficient (Wildman–Crippen LogP) is 3.32. The summed E-state index contributed by atoms with van der Waals surface area (Å²) in [6, 6.07) is 7.57. The summed E-state index contributed by atoms with van der Waals surface area (Å²) in [5, 5.41) is 2.79. The highest BCUT2D eigenvalue weighted by atomic mass is 19.1. The number of nitrogens with one attached hydrogen (secondary N) is 1. The predicted molar refractivity (Wildman–Crippen MR) is 115 cm³/mol. The fourth-order valence-electron chi connectivity index (χ4n) is 4.53. The Kier molecular flexibility index (Phi) is 6.61. The largest absolute Gasteiger partial charge is 0.350 e. The van der Waals surface area contributed by atoms with Gasteiger partial charge in [0.2, 0.25) is 0 Å². The number of halogens is 1. The summed E-state index contributed by atoms with van der Waals surface area (Å²) < 4.78 is 15.0. The van der Waals surface area contributed by atoms with Crippen molar-refractivity contribution in [1.29, 1.82) is 0 Å². The normalized spacial score (nSPS) is 17.8. The Balaban J connectivity index is 1.22. The average Bonchev–Trinajstić information content (AvgIpc) is 3.15. The fraction of sp³-hybridized carbons (Fsp3) is 0.458. The van der Waals surface area contributed by atoms with Crippen molar-refractivity contribution in [1.82, 2.24) is 14.8 Å². The zero-order valence-corrected chi connectivity index (χ0v) is 17.6. The van der Waals surface area contributed by atoms with Crippen LogP contribution < -0.4 is 5.32 Å². The Labute approximate surface area is 181 Å². The molecule has 1 aromatic heterocycles. The molecule has 0 unspecified atom stereocenters. The van der Waals surface area contributed by atoms with Crippen LogP contribution in [0.15, 0.2) is 36.5 Å². The third kappa shape index (κ3) is 4.93. The second-order valence-corrected chi connectivity index (χ2v) is 8.39. The molecule has 31 heavy (non-hydrogen) atoms. The van der Waals surface area contributed by atoms with E-state index in [4.69, 9.17) is 0 Å². The van der Waals surface area contributed by atoms with Gasteiger partial charge in [0.1, 0.15) is 11.5 Å². The molecule has 4 rings (SSSR count). The number of ketones is 2. The first kappa shape index (κ1) is 21.4. The van der Waals surface area contributed by atoms with Crippen molar-refractivity contribution in [3.63, 3.8) is 0 Å². The molecule has 0 bridgehead atoms. The maximum atomic E-state index is 13.1. The van der Waals surface area contributed by atoms with E-state index in [9.17, 15) is 18.8 Å². The van der Waals surface area contributed by atoms with Crippen LogP contribution in [0.2, 0.25) is 0 Å². The van der Waals surface area contributed by atoms with E-state index >= 15 is 0 Å². The molecule has 1 saturated heterocycles. The van der Waals surface area contributed by atoms with Crippen molar-refractivity contribution in [3.8, 4) is 0 Å². The Hall–Kier alpha value is -2.80. The Morgan fingerprint density at radius 2 is 1.74 bits per heavy atom. The zero-order chi connectivity index (χ0) is 21.8. The second-order valence-electron chi connectivity index (χ2n) is 8.39. The van der Waals surface area contributed by atoms with Crippen molar-refractivity contribution in [2.45, 2.75) is 38.6 Å². The molecule has 3 heterocycles. The van der Waals surface area contributed by atoms with Crippen LogP contribution in [0.5, 0.6) is 0 Å². The third-order valence-corrected chi connectivity index (χ3v) is 6.33. The smallest absolute Gasteiger partial charge is 0.268 e. The summed E-state index contributed by atoms with van der Waals surface area (Å²) in [5.74, 6) is -0.354. The lowest BCUT2D eigenvalue weighted by atomic mass is 9.89. The van der Waals surface area contributed by atoms with E-state index in [0.29, 0.717) is 36.3 Å². The molecule has 1 fully saturated rings.